The number of thiazole rings is 1. The van der Waals surface area contributed by atoms with Gasteiger partial charge in [-0.25, -0.2) is 9.78 Å². The number of amides is 1. The van der Waals surface area contributed by atoms with Crippen LogP contribution in [0, 0.1) is 6.92 Å². The third kappa shape index (κ3) is 4.10. The predicted molar refractivity (Wildman–Crippen MR) is 69.6 cm³/mol. The summed E-state index contributed by atoms with van der Waals surface area (Å²) in [5.74, 6) is -0.744. The Labute approximate surface area is 111 Å². The lowest BCUT2D eigenvalue weighted by atomic mass is 10.2. The van der Waals surface area contributed by atoms with Crippen LogP contribution in [0.25, 0.3) is 0 Å². The van der Waals surface area contributed by atoms with Gasteiger partial charge in [0, 0.05) is 0 Å². The molecular formula is C12H18N2O3S. The molecule has 6 heteroatoms. The molecule has 0 bridgehead atoms. The molecule has 1 aromatic heterocycles. The Balaban J connectivity index is 2.60. The van der Waals surface area contributed by atoms with Crippen molar-refractivity contribution in [2.75, 3.05) is 0 Å². The van der Waals surface area contributed by atoms with Gasteiger partial charge < -0.3 is 10.1 Å². The molecule has 1 heterocycles. The van der Waals surface area contributed by atoms with Crippen LogP contribution in [0.5, 0.6) is 0 Å². The Kier molecular flexibility index (Phi) is 4.45. The number of rotatable bonds is 3. The minimum atomic E-state index is -0.682. The Morgan fingerprint density at radius 1 is 1.44 bits per heavy atom. The monoisotopic (exact) mass is 270 g/mol. The van der Waals surface area contributed by atoms with E-state index in [0.717, 1.165) is 0 Å². The quantitative estimate of drug-likeness (QED) is 0.852. The number of aromatic nitrogens is 1. The number of ether oxygens (including phenoxy) is 1. The average Bonchev–Trinajstić information content (AvgIpc) is 2.61. The fraction of sp³-hybridized carbons (Fsp3) is 0.583. The number of hydrogen-bond donors (Lipinski definition) is 1. The van der Waals surface area contributed by atoms with Gasteiger partial charge in [0.25, 0.3) is 5.91 Å². The van der Waals surface area contributed by atoms with E-state index < -0.39 is 17.6 Å². The number of hydrogen-bond acceptors (Lipinski definition) is 5. The van der Waals surface area contributed by atoms with Gasteiger partial charge in [-0.05, 0) is 34.6 Å². The maximum atomic E-state index is 11.9. The lowest BCUT2D eigenvalue weighted by molar-refractivity contribution is -0.156. The van der Waals surface area contributed by atoms with Gasteiger partial charge in [0.2, 0.25) is 0 Å². The van der Waals surface area contributed by atoms with E-state index in [0.29, 0.717) is 10.6 Å². The topological polar surface area (TPSA) is 68.3 Å². The van der Waals surface area contributed by atoms with E-state index in [4.69, 9.17) is 4.74 Å². The first kappa shape index (κ1) is 14.6. The van der Waals surface area contributed by atoms with Crippen molar-refractivity contribution in [1.82, 2.24) is 10.3 Å². The van der Waals surface area contributed by atoms with Crippen LogP contribution in [0.15, 0.2) is 5.51 Å². The number of carbonyl (C=O) groups is 2. The zero-order chi connectivity index (χ0) is 13.9. The summed E-state index contributed by atoms with van der Waals surface area (Å²) in [5.41, 5.74) is 1.70. The highest BCUT2D eigenvalue weighted by Gasteiger charge is 2.24. The molecule has 0 saturated carbocycles. The Morgan fingerprint density at radius 2 is 2.06 bits per heavy atom. The molecule has 1 aromatic rings. The fourth-order valence-electron chi connectivity index (χ4n) is 1.23. The molecule has 0 radical (unpaired) electrons. The van der Waals surface area contributed by atoms with E-state index in [1.54, 1.807) is 40.1 Å². The SMILES string of the molecule is Cc1ncsc1C(=O)N[C@@H](C)C(=O)OC(C)(C)C. The number of esters is 1. The van der Waals surface area contributed by atoms with Crippen LogP contribution in [-0.2, 0) is 9.53 Å². The standard InChI is InChI=1S/C12H18N2O3S/c1-7-9(18-6-13-7)10(15)14-8(2)11(16)17-12(3,4)5/h6,8H,1-5H3,(H,14,15)/t8-/m0/s1. The van der Waals surface area contributed by atoms with Crippen LogP contribution in [0.1, 0.15) is 43.1 Å². The van der Waals surface area contributed by atoms with Crippen molar-refractivity contribution < 1.29 is 14.3 Å². The van der Waals surface area contributed by atoms with Crippen LogP contribution in [0.3, 0.4) is 0 Å². The van der Waals surface area contributed by atoms with Gasteiger partial charge in [-0.3, -0.25) is 4.79 Å². The minimum Gasteiger partial charge on any atom is -0.458 e. The van der Waals surface area contributed by atoms with Crippen LogP contribution in [0.2, 0.25) is 0 Å². The molecular weight excluding hydrogens is 252 g/mol. The third-order valence-electron chi connectivity index (χ3n) is 2.06. The van der Waals surface area contributed by atoms with E-state index in [2.05, 4.69) is 10.3 Å². The molecule has 0 aliphatic carbocycles. The lowest BCUT2D eigenvalue weighted by Crippen LogP contribution is -2.42. The molecule has 1 atom stereocenters. The molecule has 0 aliphatic rings. The Morgan fingerprint density at radius 3 is 2.50 bits per heavy atom. The van der Waals surface area contributed by atoms with Crippen LogP contribution in [-0.4, -0.2) is 28.5 Å². The van der Waals surface area contributed by atoms with Crippen LogP contribution in [0.4, 0.5) is 0 Å². The molecule has 0 fully saturated rings. The Bertz CT molecular complexity index is 448. The lowest BCUT2D eigenvalue weighted by Gasteiger charge is -2.22. The van der Waals surface area contributed by atoms with E-state index in [1.807, 2.05) is 0 Å². The first-order valence-corrected chi connectivity index (χ1v) is 6.52. The van der Waals surface area contributed by atoms with Crippen molar-refractivity contribution in [1.29, 1.82) is 0 Å². The van der Waals surface area contributed by atoms with Gasteiger partial charge in [-0.1, -0.05) is 0 Å². The molecule has 100 valence electrons. The second-order valence-corrected chi connectivity index (χ2v) is 5.85. The van der Waals surface area contributed by atoms with E-state index in [9.17, 15) is 9.59 Å². The van der Waals surface area contributed by atoms with Gasteiger partial charge in [0.15, 0.2) is 0 Å². The summed E-state index contributed by atoms with van der Waals surface area (Å²) in [6, 6.07) is -0.682. The van der Waals surface area contributed by atoms with Crippen molar-refractivity contribution in [3.8, 4) is 0 Å². The van der Waals surface area contributed by atoms with Gasteiger partial charge >= 0.3 is 5.97 Å². The average molecular weight is 270 g/mol. The van der Waals surface area contributed by atoms with Gasteiger partial charge in [-0.2, -0.15) is 0 Å². The Hall–Kier alpha value is -1.43. The zero-order valence-electron chi connectivity index (χ0n) is 11.2. The molecule has 0 spiro atoms. The molecule has 1 rings (SSSR count). The van der Waals surface area contributed by atoms with E-state index in [-0.39, 0.29) is 5.91 Å². The van der Waals surface area contributed by atoms with Gasteiger partial charge in [-0.15, -0.1) is 11.3 Å². The maximum Gasteiger partial charge on any atom is 0.328 e. The van der Waals surface area contributed by atoms with Crippen molar-refractivity contribution >= 4 is 23.2 Å². The molecule has 1 N–H and O–H groups in total. The first-order chi connectivity index (χ1) is 8.20. The predicted octanol–water partition coefficient (Wildman–Crippen LogP) is 1.91. The van der Waals surface area contributed by atoms with Gasteiger partial charge in [0.1, 0.15) is 16.5 Å². The second kappa shape index (κ2) is 5.48. The largest absolute Gasteiger partial charge is 0.458 e. The molecule has 0 unspecified atom stereocenters. The summed E-state index contributed by atoms with van der Waals surface area (Å²) < 4.78 is 5.18. The number of carbonyl (C=O) groups excluding carboxylic acids is 2. The number of nitrogens with zero attached hydrogens (tertiary/aromatic N) is 1. The highest BCUT2D eigenvalue weighted by Crippen LogP contribution is 2.13. The highest BCUT2D eigenvalue weighted by molar-refractivity contribution is 7.11. The maximum absolute atomic E-state index is 11.9. The fourth-order valence-corrected chi connectivity index (χ4v) is 1.94. The first-order valence-electron chi connectivity index (χ1n) is 5.64. The smallest absolute Gasteiger partial charge is 0.328 e. The zero-order valence-corrected chi connectivity index (χ0v) is 12.1. The molecule has 5 nitrogen and oxygen atoms in total. The van der Waals surface area contributed by atoms with Crippen molar-refractivity contribution in [3.63, 3.8) is 0 Å². The number of nitrogens with one attached hydrogen (secondary N) is 1. The molecule has 1 amide bonds. The molecule has 18 heavy (non-hydrogen) atoms. The van der Waals surface area contributed by atoms with Crippen molar-refractivity contribution in [2.45, 2.75) is 46.3 Å². The summed E-state index contributed by atoms with van der Waals surface area (Å²) in [6.07, 6.45) is 0. The van der Waals surface area contributed by atoms with Crippen LogP contribution >= 0.6 is 11.3 Å². The molecule has 0 aliphatic heterocycles. The highest BCUT2D eigenvalue weighted by atomic mass is 32.1. The summed E-state index contributed by atoms with van der Waals surface area (Å²) in [4.78, 5) is 28.1. The second-order valence-electron chi connectivity index (χ2n) is 5.00. The van der Waals surface area contributed by atoms with E-state index in [1.165, 1.54) is 11.3 Å². The van der Waals surface area contributed by atoms with Gasteiger partial charge in [0.05, 0.1) is 11.2 Å². The normalized spacial score (nSPS) is 12.9. The van der Waals surface area contributed by atoms with Crippen LogP contribution < -0.4 is 5.32 Å². The van der Waals surface area contributed by atoms with Crippen molar-refractivity contribution in [3.05, 3.63) is 16.1 Å². The van der Waals surface area contributed by atoms with E-state index >= 15 is 0 Å². The summed E-state index contributed by atoms with van der Waals surface area (Å²) in [5, 5.41) is 2.60. The summed E-state index contributed by atoms with van der Waals surface area (Å²) in [6.45, 7) is 8.71. The minimum absolute atomic E-state index is 0.298. The van der Waals surface area contributed by atoms with Crippen molar-refractivity contribution in [2.24, 2.45) is 0 Å². The molecule has 0 saturated heterocycles. The molecule has 0 aromatic carbocycles. The summed E-state index contributed by atoms with van der Waals surface area (Å²) in [7, 11) is 0. The third-order valence-corrected chi connectivity index (χ3v) is 2.99. The number of aryl methyl sites for hydroxylation is 1. The summed E-state index contributed by atoms with van der Waals surface area (Å²) >= 11 is 1.25.